The molecular formula is C13H15NO3. The lowest BCUT2D eigenvalue weighted by atomic mass is 10.1. The summed E-state index contributed by atoms with van der Waals surface area (Å²) in [6.45, 7) is 2.00. The number of rotatable bonds is 3. The van der Waals surface area contributed by atoms with E-state index in [1.54, 1.807) is 12.1 Å². The first kappa shape index (κ1) is 11.6. The number of benzene rings is 1. The fraction of sp³-hybridized carbons (Fsp3) is 0.385. The van der Waals surface area contributed by atoms with Crippen molar-refractivity contribution in [1.82, 2.24) is 0 Å². The zero-order chi connectivity index (χ0) is 12.3. The minimum atomic E-state index is -0.465. The fourth-order valence-corrected chi connectivity index (χ4v) is 2.11. The number of carbonyl (C=O) groups excluding carboxylic acids is 2. The molecule has 0 aromatic heterocycles. The Morgan fingerprint density at radius 2 is 2.06 bits per heavy atom. The molecule has 1 aliphatic rings. The molecular weight excluding hydrogens is 218 g/mol. The number of hydrogen-bond acceptors (Lipinski definition) is 4. The Morgan fingerprint density at radius 1 is 1.35 bits per heavy atom. The van der Waals surface area contributed by atoms with Crippen LogP contribution < -0.4 is 4.90 Å². The summed E-state index contributed by atoms with van der Waals surface area (Å²) in [6, 6.07) is 5.29. The highest BCUT2D eigenvalue weighted by molar-refractivity contribution is 5.99. The minimum Gasteiger partial charge on any atom is -0.465 e. The van der Waals surface area contributed by atoms with Crippen molar-refractivity contribution >= 4 is 17.9 Å². The van der Waals surface area contributed by atoms with Crippen molar-refractivity contribution in [3.8, 4) is 0 Å². The van der Waals surface area contributed by atoms with Gasteiger partial charge in [-0.3, -0.25) is 4.79 Å². The summed E-state index contributed by atoms with van der Waals surface area (Å²) in [5.74, 6) is -0.465. The molecule has 0 bridgehead atoms. The molecule has 90 valence electrons. The lowest BCUT2D eigenvalue weighted by molar-refractivity contribution is 0.0598. The number of ether oxygens (including phenoxy) is 1. The molecule has 0 spiro atoms. The largest absolute Gasteiger partial charge is 0.465 e. The summed E-state index contributed by atoms with van der Waals surface area (Å²) >= 11 is 0. The predicted octanol–water partition coefficient (Wildman–Crippen LogP) is 1.89. The lowest BCUT2D eigenvalue weighted by Crippen LogP contribution is -2.18. The first-order chi connectivity index (χ1) is 8.26. The summed E-state index contributed by atoms with van der Waals surface area (Å²) in [5.41, 5.74) is 1.69. The molecule has 0 amide bonds. The Morgan fingerprint density at radius 3 is 2.65 bits per heavy atom. The van der Waals surface area contributed by atoms with Gasteiger partial charge in [0.05, 0.1) is 12.7 Å². The molecule has 1 heterocycles. The second kappa shape index (κ2) is 4.99. The third-order valence-corrected chi connectivity index (χ3v) is 3.04. The van der Waals surface area contributed by atoms with Gasteiger partial charge >= 0.3 is 5.97 Å². The number of methoxy groups -OCH3 is 1. The first-order valence-electron chi connectivity index (χ1n) is 5.68. The van der Waals surface area contributed by atoms with Crippen LogP contribution in [0.1, 0.15) is 33.6 Å². The average molecular weight is 233 g/mol. The maximum Gasteiger partial charge on any atom is 0.338 e. The highest BCUT2D eigenvalue weighted by Crippen LogP contribution is 2.23. The molecule has 0 unspecified atom stereocenters. The molecule has 1 aromatic rings. The van der Waals surface area contributed by atoms with Crippen LogP contribution in [0.4, 0.5) is 5.69 Å². The molecule has 2 rings (SSSR count). The normalized spacial score (nSPS) is 14.8. The number of esters is 1. The van der Waals surface area contributed by atoms with Gasteiger partial charge in [0, 0.05) is 24.3 Å². The molecule has 0 radical (unpaired) electrons. The summed E-state index contributed by atoms with van der Waals surface area (Å²) in [4.78, 5) is 24.6. The lowest BCUT2D eigenvalue weighted by Gasteiger charge is -2.18. The Labute approximate surface area is 100 Å². The van der Waals surface area contributed by atoms with Crippen LogP contribution in [-0.2, 0) is 4.74 Å². The molecule has 0 N–H and O–H groups in total. The maximum atomic E-state index is 11.6. The predicted molar refractivity (Wildman–Crippen MR) is 64.6 cm³/mol. The Bertz CT molecular complexity index is 436. The average Bonchev–Trinajstić information content (AvgIpc) is 2.91. The Balaban J connectivity index is 2.36. The van der Waals surface area contributed by atoms with Crippen molar-refractivity contribution in [2.45, 2.75) is 12.8 Å². The summed E-state index contributed by atoms with van der Waals surface area (Å²) < 4.78 is 4.68. The van der Waals surface area contributed by atoms with Crippen molar-refractivity contribution in [3.63, 3.8) is 0 Å². The van der Waals surface area contributed by atoms with Crippen LogP contribution in [-0.4, -0.2) is 32.5 Å². The van der Waals surface area contributed by atoms with E-state index in [1.807, 2.05) is 6.07 Å². The maximum absolute atomic E-state index is 11.6. The molecule has 1 saturated heterocycles. The van der Waals surface area contributed by atoms with Crippen LogP contribution in [0.3, 0.4) is 0 Å². The van der Waals surface area contributed by atoms with E-state index < -0.39 is 5.97 Å². The summed E-state index contributed by atoms with van der Waals surface area (Å²) in [6.07, 6.45) is 3.02. The molecule has 0 saturated carbocycles. The van der Waals surface area contributed by atoms with Gasteiger partial charge in [-0.1, -0.05) is 0 Å². The van der Waals surface area contributed by atoms with E-state index in [2.05, 4.69) is 9.64 Å². The van der Waals surface area contributed by atoms with Crippen molar-refractivity contribution in [1.29, 1.82) is 0 Å². The molecule has 0 atom stereocenters. The molecule has 1 aromatic carbocycles. The standard InChI is InChI=1S/C13H15NO3/c1-17-13(16)12-8-11(5-4-10(12)9-15)14-6-2-3-7-14/h4-5,8-9H,2-3,6-7H2,1H3. The monoisotopic (exact) mass is 233 g/mol. The van der Waals surface area contributed by atoms with Crippen LogP contribution in [0.25, 0.3) is 0 Å². The van der Waals surface area contributed by atoms with Gasteiger partial charge in [-0.15, -0.1) is 0 Å². The van der Waals surface area contributed by atoms with Gasteiger partial charge in [-0.05, 0) is 31.0 Å². The molecule has 1 fully saturated rings. The Kier molecular flexibility index (Phi) is 3.42. The van der Waals surface area contributed by atoms with E-state index in [4.69, 9.17) is 0 Å². The molecule has 4 heteroatoms. The number of aldehydes is 1. The number of anilines is 1. The second-order valence-corrected chi connectivity index (χ2v) is 4.08. The van der Waals surface area contributed by atoms with Crippen molar-refractivity contribution in [2.75, 3.05) is 25.1 Å². The second-order valence-electron chi connectivity index (χ2n) is 4.08. The third-order valence-electron chi connectivity index (χ3n) is 3.04. The molecule has 1 aliphatic heterocycles. The number of carbonyl (C=O) groups is 2. The number of hydrogen-bond donors (Lipinski definition) is 0. The smallest absolute Gasteiger partial charge is 0.338 e. The third kappa shape index (κ3) is 2.30. The highest BCUT2D eigenvalue weighted by Gasteiger charge is 2.17. The topological polar surface area (TPSA) is 46.6 Å². The number of nitrogens with zero attached hydrogens (tertiary/aromatic N) is 1. The van der Waals surface area contributed by atoms with Crippen LogP contribution in [0, 0.1) is 0 Å². The highest BCUT2D eigenvalue weighted by atomic mass is 16.5. The summed E-state index contributed by atoms with van der Waals surface area (Å²) in [7, 11) is 1.32. The molecule has 0 aliphatic carbocycles. The van der Waals surface area contributed by atoms with Gasteiger partial charge < -0.3 is 9.64 Å². The quantitative estimate of drug-likeness (QED) is 0.590. The van der Waals surface area contributed by atoms with Crippen molar-refractivity contribution in [2.24, 2.45) is 0 Å². The van der Waals surface area contributed by atoms with Gasteiger partial charge in [0.2, 0.25) is 0 Å². The Hall–Kier alpha value is -1.84. The minimum absolute atomic E-state index is 0.340. The van der Waals surface area contributed by atoms with Gasteiger partial charge in [-0.25, -0.2) is 4.79 Å². The van der Waals surface area contributed by atoms with Gasteiger partial charge in [-0.2, -0.15) is 0 Å². The van der Waals surface area contributed by atoms with Crippen LogP contribution in [0.2, 0.25) is 0 Å². The van der Waals surface area contributed by atoms with Gasteiger partial charge in [0.25, 0.3) is 0 Å². The first-order valence-corrected chi connectivity index (χ1v) is 5.68. The van der Waals surface area contributed by atoms with Crippen molar-refractivity contribution < 1.29 is 14.3 Å². The SMILES string of the molecule is COC(=O)c1cc(N2CCCC2)ccc1C=O. The van der Waals surface area contributed by atoms with Crippen LogP contribution in [0.5, 0.6) is 0 Å². The van der Waals surface area contributed by atoms with E-state index in [0.717, 1.165) is 18.8 Å². The van der Waals surface area contributed by atoms with E-state index in [-0.39, 0.29) is 0 Å². The van der Waals surface area contributed by atoms with Crippen molar-refractivity contribution in [3.05, 3.63) is 29.3 Å². The zero-order valence-corrected chi connectivity index (χ0v) is 9.81. The summed E-state index contributed by atoms with van der Waals surface area (Å²) in [5, 5.41) is 0. The van der Waals surface area contributed by atoms with E-state index >= 15 is 0 Å². The zero-order valence-electron chi connectivity index (χ0n) is 9.81. The van der Waals surface area contributed by atoms with E-state index in [0.29, 0.717) is 17.4 Å². The van der Waals surface area contributed by atoms with E-state index in [1.165, 1.54) is 20.0 Å². The molecule has 17 heavy (non-hydrogen) atoms. The van der Waals surface area contributed by atoms with Gasteiger partial charge in [0.1, 0.15) is 0 Å². The van der Waals surface area contributed by atoms with E-state index in [9.17, 15) is 9.59 Å². The fourth-order valence-electron chi connectivity index (χ4n) is 2.11. The van der Waals surface area contributed by atoms with Gasteiger partial charge in [0.15, 0.2) is 6.29 Å². The molecule has 4 nitrogen and oxygen atoms in total. The van der Waals surface area contributed by atoms with Crippen LogP contribution in [0.15, 0.2) is 18.2 Å². The van der Waals surface area contributed by atoms with Crippen LogP contribution >= 0.6 is 0 Å².